The van der Waals surface area contributed by atoms with Crippen molar-refractivity contribution in [1.82, 2.24) is 4.72 Å². The number of anilines is 1. The molecule has 16 heavy (non-hydrogen) atoms. The standard InChI is InChI=1S/C11H14N2O2S/c1-2-3-7-13-16(14,15)9-10-5-4-6-11(12)8-10/h4-6,8,13H,7,9,12H2,1H3. The van der Waals surface area contributed by atoms with E-state index in [0.717, 1.165) is 0 Å². The van der Waals surface area contributed by atoms with Crippen LogP contribution in [0.25, 0.3) is 0 Å². The van der Waals surface area contributed by atoms with E-state index in [4.69, 9.17) is 5.73 Å². The zero-order valence-electron chi connectivity index (χ0n) is 9.03. The number of nitrogens with two attached hydrogens (primary N) is 1. The molecule has 1 aromatic rings. The summed E-state index contributed by atoms with van der Waals surface area (Å²) in [5, 5.41) is 0. The van der Waals surface area contributed by atoms with Crippen molar-refractivity contribution in [3.63, 3.8) is 0 Å². The van der Waals surface area contributed by atoms with Gasteiger partial charge in [-0.1, -0.05) is 18.1 Å². The predicted molar refractivity (Wildman–Crippen MR) is 64.9 cm³/mol. The molecular formula is C11H14N2O2S. The van der Waals surface area contributed by atoms with Crippen molar-refractivity contribution in [2.45, 2.75) is 12.7 Å². The first-order valence-electron chi connectivity index (χ1n) is 4.75. The highest BCUT2D eigenvalue weighted by molar-refractivity contribution is 7.88. The molecule has 3 N–H and O–H groups in total. The highest BCUT2D eigenvalue weighted by Gasteiger charge is 2.09. The zero-order chi connectivity index (χ0) is 12.0. The number of nitrogen functional groups attached to an aromatic ring is 1. The monoisotopic (exact) mass is 238 g/mol. The first-order chi connectivity index (χ1) is 7.53. The van der Waals surface area contributed by atoms with Crippen LogP contribution in [0.15, 0.2) is 24.3 Å². The SMILES string of the molecule is CC#CCNS(=O)(=O)Cc1cccc(N)c1. The lowest BCUT2D eigenvalue weighted by Crippen LogP contribution is -2.25. The Hall–Kier alpha value is -1.51. The van der Waals surface area contributed by atoms with Gasteiger partial charge in [-0.3, -0.25) is 0 Å². The van der Waals surface area contributed by atoms with Gasteiger partial charge in [0.2, 0.25) is 10.0 Å². The molecule has 0 heterocycles. The average Bonchev–Trinajstić information content (AvgIpc) is 2.17. The Morgan fingerprint density at radius 2 is 2.19 bits per heavy atom. The molecule has 0 unspecified atom stereocenters. The molecule has 0 aliphatic heterocycles. The Morgan fingerprint density at radius 1 is 1.44 bits per heavy atom. The van der Waals surface area contributed by atoms with Gasteiger partial charge in [-0.05, 0) is 24.6 Å². The maximum absolute atomic E-state index is 11.6. The summed E-state index contributed by atoms with van der Waals surface area (Å²) < 4.78 is 25.5. The lowest BCUT2D eigenvalue weighted by molar-refractivity contribution is 0.585. The molecule has 0 amide bonds. The first-order valence-corrected chi connectivity index (χ1v) is 6.40. The van der Waals surface area contributed by atoms with Crippen molar-refractivity contribution < 1.29 is 8.42 Å². The minimum Gasteiger partial charge on any atom is -0.399 e. The fourth-order valence-electron chi connectivity index (χ4n) is 1.19. The van der Waals surface area contributed by atoms with Crippen LogP contribution in [0.1, 0.15) is 12.5 Å². The van der Waals surface area contributed by atoms with E-state index in [1.807, 2.05) is 0 Å². The Morgan fingerprint density at radius 3 is 2.81 bits per heavy atom. The van der Waals surface area contributed by atoms with Crippen LogP contribution in [-0.4, -0.2) is 15.0 Å². The third kappa shape index (κ3) is 4.34. The second-order valence-corrected chi connectivity index (χ2v) is 5.06. The number of sulfonamides is 1. The molecule has 0 saturated heterocycles. The Kier molecular flexibility index (Phi) is 4.35. The normalized spacial score (nSPS) is 10.6. The molecule has 0 fully saturated rings. The number of benzene rings is 1. The van der Waals surface area contributed by atoms with E-state index in [0.29, 0.717) is 11.3 Å². The number of rotatable bonds is 4. The van der Waals surface area contributed by atoms with Crippen molar-refractivity contribution >= 4 is 15.7 Å². The largest absolute Gasteiger partial charge is 0.399 e. The van der Waals surface area contributed by atoms with E-state index in [1.54, 1.807) is 31.2 Å². The molecule has 0 bridgehead atoms. The van der Waals surface area contributed by atoms with Crippen LogP contribution in [0, 0.1) is 11.8 Å². The molecule has 0 spiro atoms. The minimum absolute atomic E-state index is 0.0799. The Balaban J connectivity index is 2.68. The smallest absolute Gasteiger partial charge is 0.216 e. The Bertz CT molecular complexity index is 512. The summed E-state index contributed by atoms with van der Waals surface area (Å²) in [6.45, 7) is 1.80. The first kappa shape index (κ1) is 12.6. The van der Waals surface area contributed by atoms with Crippen LogP contribution in [0.3, 0.4) is 0 Å². The van der Waals surface area contributed by atoms with E-state index < -0.39 is 10.0 Å². The van der Waals surface area contributed by atoms with Crippen LogP contribution >= 0.6 is 0 Å². The summed E-state index contributed by atoms with van der Waals surface area (Å²) in [7, 11) is -3.33. The second kappa shape index (κ2) is 5.54. The molecule has 0 radical (unpaired) electrons. The molecule has 0 aromatic heterocycles. The van der Waals surface area contributed by atoms with Gasteiger partial charge < -0.3 is 5.73 Å². The van der Waals surface area contributed by atoms with Crippen molar-refractivity contribution in [1.29, 1.82) is 0 Å². The molecule has 0 saturated carbocycles. The van der Waals surface area contributed by atoms with Crippen LogP contribution < -0.4 is 10.5 Å². The third-order valence-electron chi connectivity index (χ3n) is 1.86. The highest BCUT2D eigenvalue weighted by Crippen LogP contribution is 2.09. The number of nitrogens with one attached hydrogen (secondary N) is 1. The maximum Gasteiger partial charge on any atom is 0.216 e. The van der Waals surface area contributed by atoms with E-state index in [1.165, 1.54) is 0 Å². The quantitative estimate of drug-likeness (QED) is 0.599. The van der Waals surface area contributed by atoms with Gasteiger partial charge in [-0.2, -0.15) is 0 Å². The molecule has 1 rings (SSSR count). The Labute approximate surface area is 95.9 Å². The molecule has 0 atom stereocenters. The summed E-state index contributed by atoms with van der Waals surface area (Å²) in [6.07, 6.45) is 0. The lowest BCUT2D eigenvalue weighted by atomic mass is 10.2. The van der Waals surface area contributed by atoms with E-state index in [9.17, 15) is 8.42 Å². The molecule has 0 aliphatic carbocycles. The molecule has 4 nitrogen and oxygen atoms in total. The summed E-state index contributed by atoms with van der Waals surface area (Å²) in [6, 6.07) is 6.81. The third-order valence-corrected chi connectivity index (χ3v) is 3.16. The lowest BCUT2D eigenvalue weighted by Gasteiger charge is -2.04. The van der Waals surface area contributed by atoms with Crippen molar-refractivity contribution in [2.24, 2.45) is 0 Å². The van der Waals surface area contributed by atoms with Crippen LogP contribution in [0.2, 0.25) is 0 Å². The summed E-state index contributed by atoms with van der Waals surface area (Å²) in [4.78, 5) is 0. The fraction of sp³-hybridized carbons (Fsp3) is 0.273. The van der Waals surface area contributed by atoms with Crippen LogP contribution in [0.4, 0.5) is 5.69 Å². The average molecular weight is 238 g/mol. The van der Waals surface area contributed by atoms with E-state index in [-0.39, 0.29) is 12.3 Å². The fourth-order valence-corrected chi connectivity index (χ4v) is 2.20. The topological polar surface area (TPSA) is 72.2 Å². The minimum atomic E-state index is -3.33. The summed E-state index contributed by atoms with van der Waals surface area (Å²) in [5.41, 5.74) is 6.78. The molecule has 1 aromatic carbocycles. The van der Waals surface area contributed by atoms with Crippen LogP contribution in [-0.2, 0) is 15.8 Å². The molecule has 86 valence electrons. The van der Waals surface area contributed by atoms with E-state index in [2.05, 4.69) is 16.6 Å². The van der Waals surface area contributed by atoms with Gasteiger partial charge >= 0.3 is 0 Å². The van der Waals surface area contributed by atoms with Gasteiger partial charge in [0.1, 0.15) is 0 Å². The van der Waals surface area contributed by atoms with Gasteiger partial charge in [0.25, 0.3) is 0 Å². The van der Waals surface area contributed by atoms with Gasteiger partial charge in [0.15, 0.2) is 0 Å². The molecule has 5 heteroatoms. The molecular weight excluding hydrogens is 224 g/mol. The molecule has 0 aliphatic rings. The number of hydrogen-bond donors (Lipinski definition) is 2. The zero-order valence-corrected chi connectivity index (χ0v) is 9.84. The van der Waals surface area contributed by atoms with Gasteiger partial charge in [0.05, 0.1) is 12.3 Å². The van der Waals surface area contributed by atoms with Gasteiger partial charge in [-0.25, -0.2) is 13.1 Å². The van der Waals surface area contributed by atoms with Crippen molar-refractivity contribution in [3.8, 4) is 11.8 Å². The van der Waals surface area contributed by atoms with Crippen molar-refractivity contribution in [2.75, 3.05) is 12.3 Å². The van der Waals surface area contributed by atoms with E-state index >= 15 is 0 Å². The number of hydrogen-bond acceptors (Lipinski definition) is 3. The second-order valence-electron chi connectivity index (χ2n) is 3.25. The highest BCUT2D eigenvalue weighted by atomic mass is 32.2. The van der Waals surface area contributed by atoms with Crippen LogP contribution in [0.5, 0.6) is 0 Å². The van der Waals surface area contributed by atoms with Gasteiger partial charge in [0, 0.05) is 5.69 Å². The summed E-state index contributed by atoms with van der Waals surface area (Å²) >= 11 is 0. The predicted octanol–water partition coefficient (Wildman–Crippen LogP) is 0.711. The van der Waals surface area contributed by atoms with Gasteiger partial charge in [-0.15, -0.1) is 5.92 Å². The summed E-state index contributed by atoms with van der Waals surface area (Å²) in [5.74, 6) is 5.17. The maximum atomic E-state index is 11.6. The van der Waals surface area contributed by atoms with Crippen molar-refractivity contribution in [3.05, 3.63) is 29.8 Å².